The molecule has 0 spiro atoms. The number of nitrogens with zero attached hydrogens (tertiary/aromatic N) is 3. The van der Waals surface area contributed by atoms with Crippen LogP contribution in [0.15, 0.2) is 42.6 Å². The van der Waals surface area contributed by atoms with E-state index in [0.717, 1.165) is 28.3 Å². The third-order valence-electron chi connectivity index (χ3n) is 2.84. The Labute approximate surface area is 98.7 Å². The first-order valence-electron chi connectivity index (χ1n) is 5.42. The quantitative estimate of drug-likeness (QED) is 0.645. The van der Waals surface area contributed by atoms with E-state index < -0.39 is 0 Å². The van der Waals surface area contributed by atoms with E-state index in [9.17, 15) is 0 Å². The van der Waals surface area contributed by atoms with E-state index in [4.69, 9.17) is 5.73 Å². The van der Waals surface area contributed by atoms with Gasteiger partial charge in [-0.2, -0.15) is 0 Å². The summed E-state index contributed by atoms with van der Waals surface area (Å²) in [6.45, 7) is 2.02. The fourth-order valence-corrected chi connectivity index (χ4v) is 2.01. The van der Waals surface area contributed by atoms with Crippen molar-refractivity contribution >= 4 is 11.3 Å². The number of hydrogen-bond acceptors (Lipinski definition) is 3. The Kier molecular flexibility index (Phi) is 2.08. The van der Waals surface area contributed by atoms with Crippen LogP contribution in [0.25, 0.3) is 17.0 Å². The summed E-state index contributed by atoms with van der Waals surface area (Å²) in [5, 5.41) is 8.35. The smallest absolute Gasteiger partial charge is 0.170 e. The van der Waals surface area contributed by atoms with E-state index in [1.165, 1.54) is 0 Å². The Morgan fingerprint density at radius 2 is 1.94 bits per heavy atom. The summed E-state index contributed by atoms with van der Waals surface area (Å²) in [7, 11) is 0. The van der Waals surface area contributed by atoms with E-state index in [-0.39, 0.29) is 0 Å². The monoisotopic (exact) mass is 224 g/mol. The zero-order chi connectivity index (χ0) is 11.8. The molecule has 1 aromatic carbocycles. The third kappa shape index (κ3) is 1.45. The second-order valence-electron chi connectivity index (χ2n) is 3.99. The van der Waals surface area contributed by atoms with E-state index in [1.807, 2.05) is 53.9 Å². The number of anilines is 1. The van der Waals surface area contributed by atoms with Crippen LogP contribution < -0.4 is 5.73 Å². The van der Waals surface area contributed by atoms with Gasteiger partial charge < -0.3 is 5.73 Å². The van der Waals surface area contributed by atoms with E-state index in [2.05, 4.69) is 10.2 Å². The zero-order valence-corrected chi connectivity index (χ0v) is 9.46. The molecule has 0 aliphatic carbocycles. The molecule has 2 N–H and O–H groups in total. The number of fused-ring (bicyclic) bond motifs is 1. The predicted octanol–water partition coefficient (Wildman–Crippen LogP) is 2.29. The first-order valence-corrected chi connectivity index (χ1v) is 5.42. The van der Waals surface area contributed by atoms with Gasteiger partial charge in [-0.05, 0) is 30.7 Å². The van der Waals surface area contributed by atoms with E-state index in [1.54, 1.807) is 0 Å². The summed E-state index contributed by atoms with van der Waals surface area (Å²) in [4.78, 5) is 0. The van der Waals surface area contributed by atoms with Gasteiger partial charge in [0.25, 0.3) is 0 Å². The maximum atomic E-state index is 6.02. The second kappa shape index (κ2) is 3.59. The highest BCUT2D eigenvalue weighted by molar-refractivity contribution is 5.76. The molecule has 4 heteroatoms. The Balaban J connectivity index is 2.35. The van der Waals surface area contributed by atoms with Gasteiger partial charge in [0.1, 0.15) is 0 Å². The molecular formula is C13H12N4. The van der Waals surface area contributed by atoms with Crippen LogP contribution in [0.5, 0.6) is 0 Å². The third-order valence-corrected chi connectivity index (χ3v) is 2.84. The molecule has 0 unspecified atom stereocenters. The molecular weight excluding hydrogens is 212 g/mol. The lowest BCUT2D eigenvalue weighted by molar-refractivity contribution is 1.11. The van der Waals surface area contributed by atoms with Crippen LogP contribution in [-0.4, -0.2) is 14.6 Å². The molecule has 3 aromatic rings. The van der Waals surface area contributed by atoms with Gasteiger partial charge in [-0.15, -0.1) is 10.2 Å². The summed E-state index contributed by atoms with van der Waals surface area (Å²) >= 11 is 0. The molecule has 2 heterocycles. The molecule has 0 radical (unpaired) electrons. The number of nitrogen functional groups attached to an aromatic ring is 1. The van der Waals surface area contributed by atoms with Crippen LogP contribution in [0.3, 0.4) is 0 Å². The lowest BCUT2D eigenvalue weighted by Gasteiger charge is -2.07. The highest BCUT2D eigenvalue weighted by atomic mass is 15.2. The van der Waals surface area contributed by atoms with E-state index >= 15 is 0 Å². The van der Waals surface area contributed by atoms with Crippen LogP contribution in [0.4, 0.5) is 5.69 Å². The van der Waals surface area contributed by atoms with Crippen LogP contribution >= 0.6 is 0 Å². The lowest BCUT2D eigenvalue weighted by atomic mass is 10.1. The molecule has 0 aliphatic rings. The minimum atomic E-state index is 0.725. The van der Waals surface area contributed by atoms with E-state index in [0.29, 0.717) is 0 Å². The summed E-state index contributed by atoms with van der Waals surface area (Å²) in [5.41, 5.74) is 9.62. The number of rotatable bonds is 1. The maximum absolute atomic E-state index is 6.02. The van der Waals surface area contributed by atoms with Crippen molar-refractivity contribution in [2.45, 2.75) is 6.92 Å². The number of aromatic nitrogens is 3. The molecule has 0 saturated carbocycles. The Hall–Kier alpha value is -2.36. The zero-order valence-electron chi connectivity index (χ0n) is 9.46. The Morgan fingerprint density at radius 3 is 2.76 bits per heavy atom. The Bertz CT molecular complexity index is 664. The van der Waals surface area contributed by atoms with Crippen molar-refractivity contribution in [2.24, 2.45) is 0 Å². The van der Waals surface area contributed by atoms with Crippen LogP contribution in [0.2, 0.25) is 0 Å². The molecule has 0 saturated heterocycles. The van der Waals surface area contributed by atoms with Crippen LogP contribution in [-0.2, 0) is 0 Å². The van der Waals surface area contributed by atoms with Crippen molar-refractivity contribution in [3.63, 3.8) is 0 Å². The molecule has 0 atom stereocenters. The fourth-order valence-electron chi connectivity index (χ4n) is 2.01. The van der Waals surface area contributed by atoms with Crippen molar-refractivity contribution < 1.29 is 0 Å². The standard InChI is InChI=1S/C13H12N4/c1-9-5-4-6-10(14)12(9)13-16-15-11-7-2-3-8-17(11)13/h2-8H,14H2,1H3. The normalized spacial score (nSPS) is 10.9. The number of benzene rings is 1. The predicted molar refractivity (Wildman–Crippen MR) is 67.6 cm³/mol. The summed E-state index contributed by atoms with van der Waals surface area (Å²) in [6.07, 6.45) is 1.94. The molecule has 0 aliphatic heterocycles. The summed E-state index contributed by atoms with van der Waals surface area (Å²) in [6, 6.07) is 11.7. The van der Waals surface area contributed by atoms with Crippen molar-refractivity contribution in [2.75, 3.05) is 5.73 Å². The molecule has 84 valence electrons. The van der Waals surface area contributed by atoms with Gasteiger partial charge in [0.15, 0.2) is 11.5 Å². The lowest BCUT2D eigenvalue weighted by Crippen LogP contribution is -1.96. The fraction of sp³-hybridized carbons (Fsp3) is 0.0769. The molecule has 2 aromatic heterocycles. The second-order valence-corrected chi connectivity index (χ2v) is 3.99. The summed E-state index contributed by atoms with van der Waals surface area (Å²) in [5.74, 6) is 0.788. The minimum absolute atomic E-state index is 0.725. The molecule has 0 amide bonds. The van der Waals surface area contributed by atoms with Crippen molar-refractivity contribution in [3.8, 4) is 11.4 Å². The average molecular weight is 224 g/mol. The van der Waals surface area contributed by atoms with Gasteiger partial charge in [-0.25, -0.2) is 0 Å². The molecule has 17 heavy (non-hydrogen) atoms. The van der Waals surface area contributed by atoms with Gasteiger partial charge in [0, 0.05) is 17.4 Å². The van der Waals surface area contributed by atoms with Crippen molar-refractivity contribution in [1.82, 2.24) is 14.6 Å². The van der Waals surface area contributed by atoms with Gasteiger partial charge in [0.2, 0.25) is 0 Å². The molecule has 0 bridgehead atoms. The largest absolute Gasteiger partial charge is 0.398 e. The molecule has 0 fully saturated rings. The van der Waals surface area contributed by atoms with Crippen LogP contribution in [0, 0.1) is 6.92 Å². The SMILES string of the molecule is Cc1cccc(N)c1-c1nnc2ccccn12. The number of aryl methyl sites for hydroxylation is 1. The minimum Gasteiger partial charge on any atom is -0.398 e. The van der Waals surface area contributed by atoms with Crippen molar-refractivity contribution in [1.29, 1.82) is 0 Å². The average Bonchev–Trinajstić information content (AvgIpc) is 2.73. The number of hydrogen-bond donors (Lipinski definition) is 1. The van der Waals surface area contributed by atoms with Crippen LogP contribution in [0.1, 0.15) is 5.56 Å². The summed E-state index contributed by atoms with van der Waals surface area (Å²) < 4.78 is 1.94. The first kappa shape index (κ1) is 9.84. The van der Waals surface area contributed by atoms with Gasteiger partial charge in [-0.1, -0.05) is 18.2 Å². The number of nitrogens with two attached hydrogens (primary N) is 1. The molecule has 3 rings (SSSR count). The highest BCUT2D eigenvalue weighted by Crippen LogP contribution is 2.27. The van der Waals surface area contributed by atoms with Crippen molar-refractivity contribution in [3.05, 3.63) is 48.2 Å². The van der Waals surface area contributed by atoms with Gasteiger partial charge in [0.05, 0.1) is 0 Å². The van der Waals surface area contributed by atoms with Gasteiger partial charge in [-0.3, -0.25) is 4.40 Å². The first-order chi connectivity index (χ1) is 8.27. The number of pyridine rings is 1. The van der Waals surface area contributed by atoms with Gasteiger partial charge >= 0.3 is 0 Å². The maximum Gasteiger partial charge on any atom is 0.170 e. The molecule has 4 nitrogen and oxygen atoms in total. The topological polar surface area (TPSA) is 56.2 Å². The Morgan fingerprint density at radius 1 is 1.06 bits per heavy atom. The highest BCUT2D eigenvalue weighted by Gasteiger charge is 2.12.